The second-order valence-corrected chi connectivity index (χ2v) is 8.97. The molecule has 0 unspecified atom stereocenters. The van der Waals surface area contributed by atoms with Crippen LogP contribution in [-0.4, -0.2) is 30.1 Å². The maximum atomic E-state index is 13.8. The maximum absolute atomic E-state index is 13.8. The summed E-state index contributed by atoms with van der Waals surface area (Å²) in [7, 11) is -4.17. The number of carbonyl (C=O) groups is 1. The van der Waals surface area contributed by atoms with Crippen molar-refractivity contribution < 1.29 is 17.6 Å². The standard InChI is InChI=1S/C22H25FN4O3S/c1-15-19(17(3)27(25-15)14-18-9-5-4-6-10-18)13-24-22(28)16(2)26-31(29,30)21-12-8-7-11-20(21)23/h4-12,16,26H,13-14H2,1-3H3,(H,24,28)/t16-/m0/s1. The molecular weight excluding hydrogens is 419 g/mol. The summed E-state index contributed by atoms with van der Waals surface area (Å²) in [6.45, 7) is 6.01. The van der Waals surface area contributed by atoms with Crippen LogP contribution in [0.5, 0.6) is 0 Å². The third-order valence-electron chi connectivity index (χ3n) is 5.00. The number of benzene rings is 2. The van der Waals surface area contributed by atoms with Gasteiger partial charge >= 0.3 is 0 Å². The van der Waals surface area contributed by atoms with Crippen LogP contribution in [0.1, 0.15) is 29.4 Å². The minimum atomic E-state index is -4.17. The summed E-state index contributed by atoms with van der Waals surface area (Å²) in [5, 5.41) is 7.28. The number of rotatable bonds is 8. The quantitative estimate of drug-likeness (QED) is 0.559. The Balaban J connectivity index is 1.64. The fourth-order valence-electron chi connectivity index (χ4n) is 3.24. The Hall–Kier alpha value is -3.04. The van der Waals surface area contributed by atoms with Crippen molar-refractivity contribution in [2.24, 2.45) is 0 Å². The highest BCUT2D eigenvalue weighted by Gasteiger charge is 2.24. The first-order valence-corrected chi connectivity index (χ1v) is 11.3. The topological polar surface area (TPSA) is 93.1 Å². The number of sulfonamides is 1. The summed E-state index contributed by atoms with van der Waals surface area (Å²) < 4.78 is 42.7. The van der Waals surface area contributed by atoms with Crippen molar-refractivity contribution in [2.45, 2.75) is 44.8 Å². The zero-order valence-corrected chi connectivity index (χ0v) is 18.4. The van der Waals surface area contributed by atoms with Gasteiger partial charge in [-0.25, -0.2) is 12.8 Å². The second-order valence-electron chi connectivity index (χ2n) is 7.28. The molecular formula is C22H25FN4O3S. The Morgan fingerprint density at radius 1 is 1.10 bits per heavy atom. The predicted octanol–water partition coefficient (Wildman–Crippen LogP) is 2.67. The van der Waals surface area contributed by atoms with E-state index in [9.17, 15) is 17.6 Å². The minimum absolute atomic E-state index is 0.205. The zero-order valence-electron chi connectivity index (χ0n) is 17.6. The molecule has 0 aliphatic carbocycles. The van der Waals surface area contributed by atoms with Crippen molar-refractivity contribution in [3.8, 4) is 0 Å². The lowest BCUT2D eigenvalue weighted by Gasteiger charge is -2.15. The van der Waals surface area contributed by atoms with E-state index < -0.39 is 32.7 Å². The fourth-order valence-corrected chi connectivity index (χ4v) is 4.52. The van der Waals surface area contributed by atoms with Crippen LogP contribution in [0.15, 0.2) is 59.5 Å². The van der Waals surface area contributed by atoms with Gasteiger partial charge in [0.1, 0.15) is 10.7 Å². The highest BCUT2D eigenvalue weighted by Crippen LogP contribution is 2.16. The number of carbonyl (C=O) groups excluding carboxylic acids is 1. The molecule has 1 amide bonds. The predicted molar refractivity (Wildman–Crippen MR) is 115 cm³/mol. The lowest BCUT2D eigenvalue weighted by Crippen LogP contribution is -2.44. The molecule has 0 aliphatic rings. The van der Waals surface area contributed by atoms with Gasteiger partial charge in [-0.3, -0.25) is 9.48 Å². The van der Waals surface area contributed by atoms with E-state index in [4.69, 9.17) is 0 Å². The number of aryl methyl sites for hydroxylation is 1. The highest BCUT2D eigenvalue weighted by molar-refractivity contribution is 7.89. The van der Waals surface area contributed by atoms with Crippen LogP contribution in [0.2, 0.25) is 0 Å². The maximum Gasteiger partial charge on any atom is 0.244 e. The number of amides is 1. The Morgan fingerprint density at radius 3 is 2.42 bits per heavy atom. The first-order valence-electron chi connectivity index (χ1n) is 9.80. The van der Waals surface area contributed by atoms with E-state index in [1.54, 1.807) is 0 Å². The third kappa shape index (κ3) is 5.36. The van der Waals surface area contributed by atoms with Crippen LogP contribution in [0, 0.1) is 19.7 Å². The molecule has 3 aromatic rings. The van der Waals surface area contributed by atoms with E-state index in [1.165, 1.54) is 19.1 Å². The summed E-state index contributed by atoms with van der Waals surface area (Å²) in [5.74, 6) is -1.39. The SMILES string of the molecule is Cc1nn(Cc2ccccc2)c(C)c1CNC(=O)[C@H](C)NS(=O)(=O)c1ccccc1F. The summed E-state index contributed by atoms with van der Waals surface area (Å²) in [4.78, 5) is 12.0. The molecule has 3 rings (SSSR count). The van der Waals surface area contributed by atoms with E-state index in [0.717, 1.165) is 34.6 Å². The Bertz CT molecular complexity index is 1180. The summed E-state index contributed by atoms with van der Waals surface area (Å²) in [6, 6.07) is 13.8. The van der Waals surface area contributed by atoms with Crippen LogP contribution in [0.4, 0.5) is 4.39 Å². The van der Waals surface area contributed by atoms with Crippen LogP contribution in [0.25, 0.3) is 0 Å². The van der Waals surface area contributed by atoms with E-state index >= 15 is 0 Å². The van der Waals surface area contributed by atoms with Gasteiger partial charge in [0.2, 0.25) is 15.9 Å². The first-order chi connectivity index (χ1) is 14.7. The monoisotopic (exact) mass is 444 g/mol. The average Bonchev–Trinajstić information content (AvgIpc) is 2.99. The van der Waals surface area contributed by atoms with Gasteiger partial charge in [-0.2, -0.15) is 9.82 Å². The van der Waals surface area contributed by atoms with Gasteiger partial charge in [0, 0.05) is 17.8 Å². The Morgan fingerprint density at radius 2 is 1.74 bits per heavy atom. The Kier molecular flexibility index (Phi) is 6.87. The zero-order chi connectivity index (χ0) is 22.6. The van der Waals surface area contributed by atoms with E-state index in [2.05, 4.69) is 15.1 Å². The van der Waals surface area contributed by atoms with Gasteiger partial charge in [-0.1, -0.05) is 42.5 Å². The molecule has 0 fully saturated rings. The van der Waals surface area contributed by atoms with Crippen molar-refractivity contribution in [3.05, 3.63) is 82.9 Å². The highest BCUT2D eigenvalue weighted by atomic mass is 32.2. The van der Waals surface area contributed by atoms with Crippen LogP contribution >= 0.6 is 0 Å². The molecule has 0 aliphatic heterocycles. The number of aromatic nitrogens is 2. The number of hydrogen-bond donors (Lipinski definition) is 2. The van der Waals surface area contributed by atoms with Crippen molar-refractivity contribution >= 4 is 15.9 Å². The van der Waals surface area contributed by atoms with Crippen molar-refractivity contribution in [2.75, 3.05) is 0 Å². The van der Waals surface area contributed by atoms with Crippen LogP contribution in [0.3, 0.4) is 0 Å². The lowest BCUT2D eigenvalue weighted by molar-refractivity contribution is -0.122. The van der Waals surface area contributed by atoms with E-state index in [1.807, 2.05) is 48.9 Å². The molecule has 0 radical (unpaired) electrons. The number of nitrogens with zero attached hydrogens (tertiary/aromatic N) is 2. The number of hydrogen-bond acceptors (Lipinski definition) is 4. The van der Waals surface area contributed by atoms with E-state index in [-0.39, 0.29) is 6.54 Å². The van der Waals surface area contributed by atoms with Gasteiger partial charge in [-0.15, -0.1) is 0 Å². The molecule has 7 nitrogen and oxygen atoms in total. The van der Waals surface area contributed by atoms with Crippen LogP contribution in [-0.2, 0) is 27.9 Å². The molecule has 164 valence electrons. The van der Waals surface area contributed by atoms with Gasteiger partial charge in [0.05, 0.1) is 18.3 Å². The number of halogens is 1. The third-order valence-corrected chi connectivity index (χ3v) is 6.57. The molecule has 1 heterocycles. The summed E-state index contributed by atoms with van der Waals surface area (Å²) in [5.41, 5.74) is 3.68. The van der Waals surface area contributed by atoms with Gasteiger partial charge in [0.25, 0.3) is 0 Å². The van der Waals surface area contributed by atoms with Gasteiger partial charge in [0.15, 0.2) is 0 Å². The lowest BCUT2D eigenvalue weighted by atomic mass is 10.2. The molecule has 31 heavy (non-hydrogen) atoms. The molecule has 1 atom stereocenters. The smallest absolute Gasteiger partial charge is 0.244 e. The largest absolute Gasteiger partial charge is 0.351 e. The Labute approximate surface area is 181 Å². The van der Waals surface area contributed by atoms with Crippen molar-refractivity contribution in [3.63, 3.8) is 0 Å². The molecule has 9 heteroatoms. The van der Waals surface area contributed by atoms with Gasteiger partial charge < -0.3 is 5.32 Å². The minimum Gasteiger partial charge on any atom is -0.351 e. The summed E-state index contributed by atoms with van der Waals surface area (Å²) >= 11 is 0. The number of nitrogens with one attached hydrogen (secondary N) is 2. The molecule has 0 spiro atoms. The fraction of sp³-hybridized carbons (Fsp3) is 0.273. The van der Waals surface area contributed by atoms with E-state index in [0.29, 0.717) is 6.54 Å². The van der Waals surface area contributed by atoms with Crippen LogP contribution < -0.4 is 10.0 Å². The molecule has 0 saturated heterocycles. The first kappa shape index (κ1) is 22.6. The normalized spacial score (nSPS) is 12.5. The van der Waals surface area contributed by atoms with Gasteiger partial charge in [-0.05, 0) is 38.5 Å². The summed E-state index contributed by atoms with van der Waals surface area (Å²) in [6.07, 6.45) is 0. The molecule has 1 aromatic heterocycles. The van der Waals surface area contributed by atoms with Crippen molar-refractivity contribution in [1.82, 2.24) is 19.8 Å². The molecule has 0 saturated carbocycles. The molecule has 0 bridgehead atoms. The average molecular weight is 445 g/mol. The molecule has 2 N–H and O–H groups in total. The van der Waals surface area contributed by atoms with Crippen molar-refractivity contribution in [1.29, 1.82) is 0 Å². The second kappa shape index (κ2) is 9.40. The molecule has 2 aromatic carbocycles.